The van der Waals surface area contributed by atoms with Gasteiger partial charge < -0.3 is 10.5 Å². The molecule has 0 saturated carbocycles. The summed E-state index contributed by atoms with van der Waals surface area (Å²) < 4.78 is 30.9. The minimum Gasteiger partial charge on any atom is -0.383 e. The van der Waals surface area contributed by atoms with Crippen LogP contribution in [0, 0.1) is 0 Å². The number of aromatic nitrogens is 1. The molecule has 0 amide bonds. The molecular weight excluding hydrogens is 254 g/mol. The van der Waals surface area contributed by atoms with E-state index in [2.05, 4.69) is 4.98 Å². The highest BCUT2D eigenvalue weighted by atomic mass is 32.2. The Morgan fingerprint density at radius 2 is 2.17 bits per heavy atom. The van der Waals surface area contributed by atoms with Crippen molar-refractivity contribution in [2.24, 2.45) is 0 Å². The third-order valence-corrected chi connectivity index (χ3v) is 4.25. The van der Waals surface area contributed by atoms with Gasteiger partial charge in [-0.1, -0.05) is 0 Å². The van der Waals surface area contributed by atoms with E-state index in [1.165, 1.54) is 23.6 Å². The van der Waals surface area contributed by atoms with Gasteiger partial charge in [0.2, 0.25) is 10.0 Å². The summed E-state index contributed by atoms with van der Waals surface area (Å²) in [6.07, 6.45) is 1.53. The first-order valence-electron chi connectivity index (χ1n) is 5.64. The fourth-order valence-electron chi connectivity index (χ4n) is 1.33. The van der Waals surface area contributed by atoms with Gasteiger partial charge in [0.1, 0.15) is 10.7 Å². The van der Waals surface area contributed by atoms with E-state index in [-0.39, 0.29) is 23.4 Å². The van der Waals surface area contributed by atoms with Gasteiger partial charge in [0, 0.05) is 19.8 Å². The van der Waals surface area contributed by atoms with Crippen LogP contribution >= 0.6 is 0 Å². The van der Waals surface area contributed by atoms with Gasteiger partial charge in [-0.25, -0.2) is 13.4 Å². The number of pyridine rings is 1. The van der Waals surface area contributed by atoms with Crippen LogP contribution in [-0.2, 0) is 14.8 Å². The van der Waals surface area contributed by atoms with Crippen LogP contribution in [0.4, 0.5) is 5.82 Å². The van der Waals surface area contributed by atoms with Gasteiger partial charge in [-0.05, 0) is 26.0 Å². The lowest BCUT2D eigenvalue weighted by atomic mass is 10.5. The van der Waals surface area contributed by atoms with Crippen molar-refractivity contribution < 1.29 is 13.2 Å². The molecule has 7 heteroatoms. The standard InChI is InChI=1S/C11H19N3O3S/c1-9(2)17-8-7-14(3)18(15,16)10-5-4-6-13-11(10)12/h4-6,9H,7-8H2,1-3H3,(H2,12,13). The minimum atomic E-state index is -3.60. The fraction of sp³-hybridized carbons (Fsp3) is 0.545. The first-order valence-corrected chi connectivity index (χ1v) is 7.08. The predicted molar refractivity (Wildman–Crippen MR) is 69.6 cm³/mol. The van der Waals surface area contributed by atoms with E-state index in [0.29, 0.717) is 6.61 Å². The second-order valence-corrected chi connectivity index (χ2v) is 6.15. The molecule has 102 valence electrons. The Bertz CT molecular complexity index is 488. The normalized spacial score (nSPS) is 12.3. The largest absolute Gasteiger partial charge is 0.383 e. The highest BCUT2D eigenvalue weighted by molar-refractivity contribution is 7.89. The van der Waals surface area contributed by atoms with Gasteiger partial charge in [0.05, 0.1) is 12.7 Å². The highest BCUT2D eigenvalue weighted by Gasteiger charge is 2.23. The molecular formula is C11H19N3O3S. The number of ether oxygens (including phenoxy) is 1. The van der Waals surface area contributed by atoms with Crippen LogP contribution in [0.5, 0.6) is 0 Å². The fourth-order valence-corrected chi connectivity index (χ4v) is 2.54. The number of nitrogens with zero attached hydrogens (tertiary/aromatic N) is 2. The van der Waals surface area contributed by atoms with Crippen LogP contribution in [-0.4, -0.2) is 44.0 Å². The Morgan fingerprint density at radius 3 is 2.72 bits per heavy atom. The summed E-state index contributed by atoms with van der Waals surface area (Å²) in [4.78, 5) is 3.80. The Labute approximate surface area is 108 Å². The van der Waals surface area contributed by atoms with E-state index in [1.54, 1.807) is 6.07 Å². The number of sulfonamides is 1. The summed E-state index contributed by atoms with van der Waals surface area (Å²) in [6.45, 7) is 4.41. The molecule has 0 bridgehead atoms. The lowest BCUT2D eigenvalue weighted by molar-refractivity contribution is 0.0737. The van der Waals surface area contributed by atoms with Gasteiger partial charge in [-0.2, -0.15) is 4.31 Å². The molecule has 1 aromatic heterocycles. The molecule has 0 saturated heterocycles. The quantitative estimate of drug-likeness (QED) is 0.825. The minimum absolute atomic E-state index is 0.00845. The maximum Gasteiger partial charge on any atom is 0.246 e. The van der Waals surface area contributed by atoms with Crippen LogP contribution in [0.15, 0.2) is 23.2 Å². The molecule has 1 rings (SSSR count). The van der Waals surface area contributed by atoms with Crippen LogP contribution < -0.4 is 5.73 Å². The van der Waals surface area contributed by atoms with E-state index < -0.39 is 10.0 Å². The van der Waals surface area contributed by atoms with Crippen molar-refractivity contribution in [3.8, 4) is 0 Å². The molecule has 1 heterocycles. The van der Waals surface area contributed by atoms with Crippen LogP contribution in [0.25, 0.3) is 0 Å². The van der Waals surface area contributed by atoms with E-state index in [0.717, 1.165) is 0 Å². The van der Waals surface area contributed by atoms with E-state index in [1.807, 2.05) is 13.8 Å². The molecule has 0 unspecified atom stereocenters. The van der Waals surface area contributed by atoms with Crippen molar-refractivity contribution in [1.29, 1.82) is 0 Å². The Hall–Kier alpha value is -1.18. The van der Waals surface area contributed by atoms with Gasteiger partial charge in [-0.15, -0.1) is 0 Å². The zero-order valence-electron chi connectivity index (χ0n) is 10.8. The number of anilines is 1. The number of rotatable bonds is 6. The smallest absolute Gasteiger partial charge is 0.246 e. The van der Waals surface area contributed by atoms with Crippen LogP contribution in [0.1, 0.15) is 13.8 Å². The monoisotopic (exact) mass is 273 g/mol. The van der Waals surface area contributed by atoms with E-state index >= 15 is 0 Å². The van der Waals surface area contributed by atoms with Crippen molar-refractivity contribution >= 4 is 15.8 Å². The van der Waals surface area contributed by atoms with Crippen molar-refractivity contribution in [2.75, 3.05) is 25.9 Å². The lowest BCUT2D eigenvalue weighted by Crippen LogP contribution is -2.31. The van der Waals surface area contributed by atoms with Gasteiger partial charge in [0.25, 0.3) is 0 Å². The summed E-state index contributed by atoms with van der Waals surface area (Å²) in [6, 6.07) is 2.99. The predicted octanol–water partition coefficient (Wildman–Crippen LogP) is 0.709. The third-order valence-electron chi connectivity index (χ3n) is 2.35. The summed E-state index contributed by atoms with van der Waals surface area (Å²) in [5, 5.41) is 0. The first-order chi connectivity index (χ1) is 8.35. The number of nitrogen functional groups attached to an aromatic ring is 1. The second-order valence-electron chi connectivity index (χ2n) is 4.13. The molecule has 0 aliphatic heterocycles. The molecule has 2 N–H and O–H groups in total. The lowest BCUT2D eigenvalue weighted by Gasteiger charge is -2.18. The Morgan fingerprint density at radius 1 is 1.50 bits per heavy atom. The molecule has 0 fully saturated rings. The molecule has 0 aliphatic rings. The number of nitrogens with two attached hydrogens (primary N) is 1. The number of hydrogen-bond acceptors (Lipinski definition) is 5. The Balaban J connectivity index is 2.78. The van der Waals surface area contributed by atoms with Gasteiger partial charge in [0.15, 0.2) is 0 Å². The summed E-state index contributed by atoms with van der Waals surface area (Å²) in [5.74, 6) is 0.00845. The molecule has 1 aromatic rings. The zero-order valence-corrected chi connectivity index (χ0v) is 11.6. The average Bonchev–Trinajstić information content (AvgIpc) is 2.28. The average molecular weight is 273 g/mol. The SMILES string of the molecule is CC(C)OCCN(C)S(=O)(=O)c1cccnc1N. The first kappa shape index (κ1) is 14.9. The highest BCUT2D eigenvalue weighted by Crippen LogP contribution is 2.18. The van der Waals surface area contributed by atoms with E-state index in [4.69, 9.17) is 10.5 Å². The summed E-state index contributed by atoms with van der Waals surface area (Å²) in [7, 11) is -2.11. The topological polar surface area (TPSA) is 85.5 Å². The van der Waals surface area contributed by atoms with Gasteiger partial charge >= 0.3 is 0 Å². The summed E-state index contributed by atoms with van der Waals surface area (Å²) >= 11 is 0. The van der Waals surface area contributed by atoms with Crippen LogP contribution in [0.2, 0.25) is 0 Å². The molecule has 6 nitrogen and oxygen atoms in total. The van der Waals surface area contributed by atoms with Crippen molar-refractivity contribution in [1.82, 2.24) is 9.29 Å². The van der Waals surface area contributed by atoms with Crippen molar-refractivity contribution in [3.63, 3.8) is 0 Å². The van der Waals surface area contributed by atoms with Crippen LogP contribution in [0.3, 0.4) is 0 Å². The third kappa shape index (κ3) is 3.66. The maximum absolute atomic E-state index is 12.2. The molecule has 0 radical (unpaired) electrons. The molecule has 0 aromatic carbocycles. The van der Waals surface area contributed by atoms with Crippen molar-refractivity contribution in [3.05, 3.63) is 18.3 Å². The number of likely N-dealkylation sites (N-methyl/N-ethyl adjacent to an activating group) is 1. The zero-order chi connectivity index (χ0) is 13.8. The molecule has 18 heavy (non-hydrogen) atoms. The Kier molecular flexibility index (Phi) is 5.06. The second kappa shape index (κ2) is 6.12. The van der Waals surface area contributed by atoms with E-state index in [9.17, 15) is 8.42 Å². The maximum atomic E-state index is 12.2. The molecule has 0 aliphatic carbocycles. The molecule has 0 spiro atoms. The molecule has 0 atom stereocenters. The summed E-state index contributed by atoms with van der Waals surface area (Å²) in [5.41, 5.74) is 5.57. The van der Waals surface area contributed by atoms with Gasteiger partial charge in [-0.3, -0.25) is 0 Å². The number of hydrogen-bond donors (Lipinski definition) is 1. The van der Waals surface area contributed by atoms with Crippen molar-refractivity contribution in [2.45, 2.75) is 24.8 Å².